The zero-order valence-electron chi connectivity index (χ0n) is 11.4. The molecule has 0 aliphatic rings. The van der Waals surface area contributed by atoms with Crippen LogP contribution in [-0.2, 0) is 0 Å². The van der Waals surface area contributed by atoms with Gasteiger partial charge in [0.05, 0.1) is 0 Å². The summed E-state index contributed by atoms with van der Waals surface area (Å²) in [5, 5.41) is 5.65. The fourth-order valence-electron chi connectivity index (χ4n) is 1.60. The molecule has 2 N–H and O–H groups in total. The van der Waals surface area contributed by atoms with Crippen LogP contribution in [0.1, 0.15) is 36.5 Å². The fraction of sp³-hybridized carbons (Fsp3) is 0.500. The number of anilines is 1. The maximum Gasteiger partial charge on any atom is 0.389 e. The van der Waals surface area contributed by atoms with Crippen molar-refractivity contribution in [2.75, 3.05) is 18.4 Å². The highest BCUT2D eigenvalue weighted by Crippen LogP contribution is 2.20. The van der Waals surface area contributed by atoms with Gasteiger partial charge in [0.15, 0.2) is 0 Å². The van der Waals surface area contributed by atoms with Gasteiger partial charge in [0, 0.05) is 30.8 Å². The normalized spacial score (nSPS) is 11.2. The highest BCUT2D eigenvalue weighted by molar-refractivity contribution is 5.94. The minimum Gasteiger partial charge on any atom is -0.385 e. The van der Waals surface area contributed by atoms with E-state index in [1.807, 2.05) is 0 Å². The third-order valence-electron chi connectivity index (χ3n) is 2.65. The number of carbonyl (C=O) groups excluding carboxylic acids is 1. The summed E-state index contributed by atoms with van der Waals surface area (Å²) in [5.74, 6) is -0.353. The Morgan fingerprint density at radius 3 is 2.35 bits per heavy atom. The summed E-state index contributed by atoms with van der Waals surface area (Å²) in [6.07, 6.45) is -4.16. The van der Waals surface area contributed by atoms with Crippen LogP contribution >= 0.6 is 0 Å². The number of hydrogen-bond acceptors (Lipinski definition) is 2. The molecular weight excluding hydrogens is 269 g/mol. The molecule has 0 saturated heterocycles. The molecule has 6 heteroatoms. The van der Waals surface area contributed by atoms with Crippen LogP contribution in [0.25, 0.3) is 0 Å². The van der Waals surface area contributed by atoms with Gasteiger partial charge in [0.25, 0.3) is 5.91 Å². The minimum absolute atomic E-state index is 0.0220. The van der Waals surface area contributed by atoms with E-state index in [1.54, 1.807) is 24.3 Å². The lowest BCUT2D eigenvalue weighted by molar-refractivity contribution is -0.135. The molecule has 0 atom stereocenters. The average molecular weight is 288 g/mol. The van der Waals surface area contributed by atoms with Gasteiger partial charge in [-0.1, -0.05) is 6.92 Å². The van der Waals surface area contributed by atoms with Crippen LogP contribution in [-0.4, -0.2) is 25.2 Å². The monoisotopic (exact) mass is 288 g/mol. The van der Waals surface area contributed by atoms with Crippen molar-refractivity contribution in [3.63, 3.8) is 0 Å². The largest absolute Gasteiger partial charge is 0.389 e. The molecule has 0 fully saturated rings. The van der Waals surface area contributed by atoms with Crippen LogP contribution in [0.15, 0.2) is 24.3 Å². The topological polar surface area (TPSA) is 41.1 Å². The van der Waals surface area contributed by atoms with Crippen molar-refractivity contribution in [3.05, 3.63) is 29.8 Å². The summed E-state index contributed by atoms with van der Waals surface area (Å²) < 4.78 is 35.8. The van der Waals surface area contributed by atoms with Crippen molar-refractivity contribution >= 4 is 11.6 Å². The molecule has 3 nitrogen and oxygen atoms in total. The predicted octanol–water partition coefficient (Wildman–Crippen LogP) is 3.58. The Morgan fingerprint density at radius 2 is 1.80 bits per heavy atom. The summed E-state index contributed by atoms with van der Waals surface area (Å²) in [7, 11) is 0. The van der Waals surface area contributed by atoms with Gasteiger partial charge in [-0.2, -0.15) is 13.2 Å². The van der Waals surface area contributed by atoms with Crippen molar-refractivity contribution in [1.29, 1.82) is 0 Å². The van der Waals surface area contributed by atoms with Gasteiger partial charge in [-0.05, 0) is 37.1 Å². The van der Waals surface area contributed by atoms with Gasteiger partial charge in [-0.3, -0.25) is 4.79 Å². The molecular formula is C14H19F3N2O. The fourth-order valence-corrected chi connectivity index (χ4v) is 1.60. The lowest BCUT2D eigenvalue weighted by Gasteiger charge is -2.08. The minimum atomic E-state index is -4.17. The third kappa shape index (κ3) is 6.45. The van der Waals surface area contributed by atoms with E-state index in [4.69, 9.17) is 0 Å². The number of alkyl halides is 3. The zero-order valence-corrected chi connectivity index (χ0v) is 11.4. The van der Waals surface area contributed by atoms with Crippen LogP contribution in [0.5, 0.6) is 0 Å². The van der Waals surface area contributed by atoms with Crippen molar-refractivity contribution in [1.82, 2.24) is 5.32 Å². The standard InChI is InChI=1S/C14H19F3N2O/c1-2-9-18-12-6-4-11(5-7-12)13(20)19-10-3-8-14(15,16)17/h4-7,18H,2-3,8-10H2,1H3,(H,19,20). The van der Waals surface area contributed by atoms with E-state index in [0.717, 1.165) is 18.7 Å². The number of hydrogen-bond donors (Lipinski definition) is 2. The van der Waals surface area contributed by atoms with Crippen molar-refractivity contribution in [2.24, 2.45) is 0 Å². The third-order valence-corrected chi connectivity index (χ3v) is 2.65. The smallest absolute Gasteiger partial charge is 0.385 e. The average Bonchev–Trinajstić information content (AvgIpc) is 2.40. The molecule has 20 heavy (non-hydrogen) atoms. The van der Waals surface area contributed by atoms with E-state index < -0.39 is 12.6 Å². The maximum absolute atomic E-state index is 11.9. The van der Waals surface area contributed by atoms with Gasteiger partial charge in [0.2, 0.25) is 0 Å². The molecule has 0 spiro atoms. The SMILES string of the molecule is CCCNc1ccc(C(=O)NCCCC(F)(F)F)cc1. The molecule has 1 rings (SSSR count). The van der Waals surface area contributed by atoms with Gasteiger partial charge < -0.3 is 10.6 Å². The molecule has 1 aromatic carbocycles. The lowest BCUT2D eigenvalue weighted by Crippen LogP contribution is -2.25. The van der Waals surface area contributed by atoms with E-state index in [0.29, 0.717) is 5.56 Å². The first kappa shape index (κ1) is 16.3. The number of benzene rings is 1. The lowest BCUT2D eigenvalue weighted by atomic mass is 10.2. The predicted molar refractivity (Wildman–Crippen MR) is 72.8 cm³/mol. The first-order valence-corrected chi connectivity index (χ1v) is 6.61. The van der Waals surface area contributed by atoms with Crippen LogP contribution in [0.3, 0.4) is 0 Å². The highest BCUT2D eigenvalue weighted by atomic mass is 19.4. The molecule has 0 saturated carbocycles. The van der Waals surface area contributed by atoms with E-state index in [2.05, 4.69) is 17.6 Å². The van der Waals surface area contributed by atoms with Crippen LogP contribution in [0.4, 0.5) is 18.9 Å². The Morgan fingerprint density at radius 1 is 1.15 bits per heavy atom. The Hall–Kier alpha value is -1.72. The molecule has 0 unspecified atom stereocenters. The first-order valence-electron chi connectivity index (χ1n) is 6.61. The van der Waals surface area contributed by atoms with Gasteiger partial charge >= 0.3 is 6.18 Å². The summed E-state index contributed by atoms with van der Waals surface area (Å²) in [6.45, 7) is 2.92. The Balaban J connectivity index is 2.36. The Kier molecular flexibility index (Phi) is 6.35. The summed E-state index contributed by atoms with van der Waals surface area (Å²) in [5.41, 5.74) is 1.36. The molecule has 0 radical (unpaired) electrons. The van der Waals surface area contributed by atoms with Crippen LogP contribution in [0, 0.1) is 0 Å². The molecule has 0 bridgehead atoms. The Labute approximate surface area is 116 Å². The van der Waals surface area contributed by atoms with E-state index in [1.165, 1.54) is 0 Å². The molecule has 0 aliphatic carbocycles. The second-order valence-electron chi connectivity index (χ2n) is 4.48. The number of rotatable bonds is 7. The zero-order chi connectivity index (χ0) is 15.0. The van der Waals surface area contributed by atoms with Crippen LogP contribution < -0.4 is 10.6 Å². The van der Waals surface area contributed by atoms with Crippen LogP contribution in [0.2, 0.25) is 0 Å². The molecule has 112 valence electrons. The molecule has 0 aliphatic heterocycles. The van der Waals surface area contributed by atoms with Gasteiger partial charge in [-0.15, -0.1) is 0 Å². The highest BCUT2D eigenvalue weighted by Gasteiger charge is 2.25. The number of amides is 1. The van der Waals surface area contributed by atoms with E-state index in [9.17, 15) is 18.0 Å². The number of nitrogens with one attached hydrogen (secondary N) is 2. The molecule has 0 aromatic heterocycles. The number of carbonyl (C=O) groups is 1. The van der Waals surface area contributed by atoms with Gasteiger partial charge in [0.1, 0.15) is 0 Å². The van der Waals surface area contributed by atoms with Crippen molar-refractivity contribution < 1.29 is 18.0 Å². The quantitative estimate of drug-likeness (QED) is 0.753. The molecule has 1 aromatic rings. The summed E-state index contributed by atoms with van der Waals surface area (Å²) >= 11 is 0. The van der Waals surface area contributed by atoms with E-state index in [-0.39, 0.29) is 18.9 Å². The Bertz CT molecular complexity index is 415. The summed E-state index contributed by atoms with van der Waals surface area (Å²) in [6, 6.07) is 6.86. The molecule has 1 amide bonds. The van der Waals surface area contributed by atoms with Crippen molar-refractivity contribution in [2.45, 2.75) is 32.4 Å². The second kappa shape index (κ2) is 7.77. The number of halogens is 3. The molecule has 0 heterocycles. The summed E-state index contributed by atoms with van der Waals surface area (Å²) in [4.78, 5) is 11.7. The maximum atomic E-state index is 11.9. The van der Waals surface area contributed by atoms with Crippen molar-refractivity contribution in [3.8, 4) is 0 Å². The second-order valence-corrected chi connectivity index (χ2v) is 4.48. The first-order chi connectivity index (χ1) is 9.42. The van der Waals surface area contributed by atoms with Gasteiger partial charge in [-0.25, -0.2) is 0 Å². The van der Waals surface area contributed by atoms with E-state index >= 15 is 0 Å².